The molecule has 39 heavy (non-hydrogen) atoms. The van der Waals surface area contributed by atoms with E-state index in [-0.39, 0.29) is 5.41 Å². The van der Waals surface area contributed by atoms with E-state index >= 15 is 0 Å². The molecule has 2 aromatic carbocycles. The fourth-order valence-electron chi connectivity index (χ4n) is 6.44. The van der Waals surface area contributed by atoms with Crippen molar-refractivity contribution in [3.05, 3.63) is 64.6 Å². The van der Waals surface area contributed by atoms with Crippen molar-refractivity contribution in [3.8, 4) is 5.75 Å². The summed E-state index contributed by atoms with van der Waals surface area (Å²) in [4.78, 5) is 8.17. The van der Waals surface area contributed by atoms with Gasteiger partial charge in [0.05, 0.1) is 17.8 Å². The minimum absolute atomic E-state index is 0.155. The Bertz CT molecular complexity index is 1260. The number of hydrogen-bond acceptors (Lipinski definition) is 6. The second-order valence-electron chi connectivity index (χ2n) is 12.0. The Morgan fingerprint density at radius 2 is 1.87 bits per heavy atom. The molecule has 1 aliphatic heterocycles. The van der Waals surface area contributed by atoms with E-state index in [9.17, 15) is 5.11 Å². The number of fused-ring (bicyclic) bond motifs is 1. The molecule has 2 fully saturated rings. The normalized spacial score (nSPS) is 18.1. The van der Waals surface area contributed by atoms with Gasteiger partial charge in [-0.15, -0.1) is 0 Å². The average molecular weight is 531 g/mol. The van der Waals surface area contributed by atoms with E-state index in [0.29, 0.717) is 31.4 Å². The van der Waals surface area contributed by atoms with Crippen LogP contribution < -0.4 is 4.74 Å². The molecule has 1 aromatic heterocycles. The topological polar surface area (TPSA) is 66.3 Å². The van der Waals surface area contributed by atoms with Crippen LogP contribution in [0.15, 0.2) is 40.9 Å². The number of ether oxygens (including phenoxy) is 1. The Hall–Kier alpha value is -2.92. The lowest BCUT2D eigenvalue weighted by Crippen LogP contribution is -2.42. The second kappa shape index (κ2) is 12.5. The predicted molar refractivity (Wildman–Crippen MR) is 154 cm³/mol. The zero-order valence-corrected chi connectivity index (χ0v) is 23.5. The summed E-state index contributed by atoms with van der Waals surface area (Å²) in [7, 11) is 4.09. The minimum atomic E-state index is 0.155. The van der Waals surface area contributed by atoms with Gasteiger partial charge >= 0.3 is 0 Å². The summed E-state index contributed by atoms with van der Waals surface area (Å²) >= 11 is 0. The maximum Gasteiger partial charge on any atom is 0.187 e. The fourth-order valence-corrected chi connectivity index (χ4v) is 6.44. The molecule has 2 heterocycles. The highest BCUT2D eigenvalue weighted by atomic mass is 16.5. The van der Waals surface area contributed by atoms with Gasteiger partial charge in [-0.05, 0) is 89.3 Å². The largest absolute Gasteiger partial charge is 0.488 e. The molecular weight excluding hydrogens is 488 g/mol. The van der Waals surface area contributed by atoms with Crippen LogP contribution in [0.5, 0.6) is 5.75 Å². The zero-order chi connectivity index (χ0) is 27.2. The van der Waals surface area contributed by atoms with Gasteiger partial charge in [0.15, 0.2) is 11.3 Å². The summed E-state index contributed by atoms with van der Waals surface area (Å²) in [5.74, 6) is 1.52. The van der Waals surface area contributed by atoms with Crippen LogP contribution in [-0.2, 0) is 19.6 Å². The maximum atomic E-state index is 10.00. The Morgan fingerprint density at radius 3 is 2.54 bits per heavy atom. The van der Waals surface area contributed by atoms with Gasteiger partial charge in [0.25, 0.3) is 0 Å². The van der Waals surface area contributed by atoms with E-state index < -0.39 is 0 Å². The summed E-state index contributed by atoms with van der Waals surface area (Å²) in [5, 5.41) is 15.6. The minimum Gasteiger partial charge on any atom is -0.488 e. The molecule has 1 N–H and O–H groups in total. The molecule has 0 spiro atoms. The molecule has 0 radical (unpaired) electrons. The van der Waals surface area contributed by atoms with E-state index in [1.165, 1.54) is 38.5 Å². The molecule has 1 saturated heterocycles. The molecule has 5 rings (SSSR count). The molecule has 0 amide bonds. The summed E-state index contributed by atoms with van der Waals surface area (Å²) in [6.45, 7) is 11.9. The molecule has 0 unspecified atom stereocenters. The van der Waals surface area contributed by atoms with Crippen molar-refractivity contribution in [2.45, 2.75) is 64.5 Å². The van der Waals surface area contributed by atoms with Gasteiger partial charge in [0.2, 0.25) is 0 Å². The van der Waals surface area contributed by atoms with Crippen molar-refractivity contribution in [3.63, 3.8) is 0 Å². The second-order valence-corrected chi connectivity index (χ2v) is 12.0. The van der Waals surface area contributed by atoms with Gasteiger partial charge in [-0.2, -0.15) is 0 Å². The van der Waals surface area contributed by atoms with Gasteiger partial charge in [-0.3, -0.25) is 0 Å². The average Bonchev–Trinajstić information content (AvgIpc) is 3.60. The molecule has 1 aliphatic carbocycles. The third-order valence-corrected chi connectivity index (χ3v) is 8.76. The lowest BCUT2D eigenvalue weighted by molar-refractivity contribution is 0.0602. The van der Waals surface area contributed by atoms with Crippen LogP contribution in [0.3, 0.4) is 0 Å². The number of aliphatic hydroxyl groups excluding tert-OH is 1. The molecule has 7 heteroatoms. The number of piperidine rings is 1. The monoisotopic (exact) mass is 530 g/mol. The van der Waals surface area contributed by atoms with Crippen LogP contribution in [-0.4, -0.2) is 60.4 Å². The summed E-state index contributed by atoms with van der Waals surface area (Å²) in [6.07, 6.45) is 9.39. The van der Waals surface area contributed by atoms with Gasteiger partial charge in [0.1, 0.15) is 12.4 Å². The van der Waals surface area contributed by atoms with Crippen LogP contribution in [0.1, 0.15) is 61.8 Å². The molecular formula is C32H42N4O3. The molecule has 7 nitrogen and oxygen atoms in total. The van der Waals surface area contributed by atoms with Crippen LogP contribution in [0.4, 0.5) is 5.69 Å². The first-order chi connectivity index (χ1) is 19.0. The molecule has 208 valence electrons. The maximum absolute atomic E-state index is 10.00. The fraction of sp³-hybridized carbons (Fsp3) is 0.562. The standard InChI is InChI=1S/C32H42N4O3/c1-33-26-9-6-25(7-10-26)21-38-30-13-11-27-29(34-39-31(27)28(30)20-35(2)3)12-8-24-14-18-36(19-15-24)22-32(23-37)16-4-5-17-32/h6-7,9-11,13,24,37H,4-5,8,12,14-23H2,2-3H3. The first kappa shape index (κ1) is 27.6. The molecule has 0 bridgehead atoms. The Balaban J connectivity index is 1.20. The van der Waals surface area contributed by atoms with Gasteiger partial charge in [0, 0.05) is 30.5 Å². The zero-order valence-electron chi connectivity index (χ0n) is 23.5. The SMILES string of the molecule is [C-]#[N+]c1ccc(COc2ccc3c(CCC4CCN(CC5(CO)CCCC5)CC4)noc3c2CN(C)C)cc1. The van der Waals surface area contributed by atoms with Crippen LogP contribution in [0, 0.1) is 17.9 Å². The number of aromatic nitrogens is 1. The van der Waals surface area contributed by atoms with Gasteiger partial charge in [-0.25, -0.2) is 4.85 Å². The number of aryl methyl sites for hydroxylation is 1. The third kappa shape index (κ3) is 6.63. The number of rotatable bonds is 11. The highest BCUT2D eigenvalue weighted by Gasteiger charge is 2.35. The number of hydrogen-bond donors (Lipinski definition) is 1. The van der Waals surface area contributed by atoms with Crippen molar-refractivity contribution < 1.29 is 14.4 Å². The number of nitrogens with zero attached hydrogens (tertiary/aromatic N) is 4. The lowest BCUT2D eigenvalue weighted by atomic mass is 9.84. The summed E-state index contributed by atoms with van der Waals surface area (Å²) in [6, 6.07) is 11.7. The van der Waals surface area contributed by atoms with E-state index in [4.69, 9.17) is 15.8 Å². The third-order valence-electron chi connectivity index (χ3n) is 8.76. The van der Waals surface area contributed by atoms with E-state index in [2.05, 4.69) is 25.9 Å². The van der Waals surface area contributed by atoms with E-state index in [0.717, 1.165) is 66.0 Å². The Morgan fingerprint density at radius 1 is 1.13 bits per heavy atom. The van der Waals surface area contributed by atoms with Crippen LogP contribution in [0.2, 0.25) is 0 Å². The lowest BCUT2D eigenvalue weighted by Gasteiger charge is -2.38. The molecule has 1 saturated carbocycles. The molecule has 3 aromatic rings. The predicted octanol–water partition coefficient (Wildman–Crippen LogP) is 6.22. The van der Waals surface area contributed by atoms with Crippen molar-refractivity contribution >= 4 is 16.7 Å². The number of benzene rings is 2. The van der Waals surface area contributed by atoms with E-state index in [1.54, 1.807) is 0 Å². The highest BCUT2D eigenvalue weighted by Crippen LogP contribution is 2.39. The Kier molecular flexibility index (Phi) is 8.86. The first-order valence-corrected chi connectivity index (χ1v) is 14.5. The van der Waals surface area contributed by atoms with E-state index in [1.807, 2.05) is 44.4 Å². The van der Waals surface area contributed by atoms with Crippen molar-refractivity contribution in [2.75, 3.05) is 40.3 Å². The van der Waals surface area contributed by atoms with Crippen LogP contribution in [0.25, 0.3) is 15.8 Å². The Labute approximate surface area is 232 Å². The molecule has 0 atom stereocenters. The van der Waals surface area contributed by atoms with Crippen molar-refractivity contribution in [1.82, 2.24) is 15.0 Å². The summed E-state index contributed by atoms with van der Waals surface area (Å²) < 4.78 is 12.2. The van der Waals surface area contributed by atoms with Crippen LogP contribution >= 0.6 is 0 Å². The summed E-state index contributed by atoms with van der Waals surface area (Å²) in [5.41, 5.74) is 4.69. The van der Waals surface area contributed by atoms with Gasteiger partial charge in [-0.1, -0.05) is 42.3 Å². The quantitative estimate of drug-likeness (QED) is 0.297. The van der Waals surface area contributed by atoms with Crippen molar-refractivity contribution in [2.24, 2.45) is 11.3 Å². The number of likely N-dealkylation sites (tertiary alicyclic amines) is 1. The highest BCUT2D eigenvalue weighted by molar-refractivity contribution is 5.84. The smallest absolute Gasteiger partial charge is 0.187 e. The first-order valence-electron chi connectivity index (χ1n) is 14.5. The number of aliphatic hydroxyl groups is 1. The van der Waals surface area contributed by atoms with Crippen molar-refractivity contribution in [1.29, 1.82) is 0 Å². The van der Waals surface area contributed by atoms with Gasteiger partial charge < -0.3 is 24.2 Å². The molecule has 2 aliphatic rings.